The average Bonchev–Trinajstić information content (AvgIpc) is 2.58. The van der Waals surface area contributed by atoms with E-state index in [-0.39, 0.29) is 17.0 Å². The minimum Gasteiger partial charge on any atom is -0.495 e. The van der Waals surface area contributed by atoms with Gasteiger partial charge in [-0.05, 0) is 37.3 Å². The number of methoxy groups -OCH3 is 1. The standard InChI is InChI=1S/C18H16Cl2FNO4/c1-10(18(24)22-15-8-11(19)6-7-16(15)25-2)26-17(23)9-12-13(20)4-3-5-14(12)21/h3-8,10H,9H2,1-2H3,(H,22,24)/t10-/m1/s1. The van der Waals surface area contributed by atoms with Crippen molar-refractivity contribution in [2.45, 2.75) is 19.4 Å². The van der Waals surface area contributed by atoms with Gasteiger partial charge in [0.05, 0.1) is 19.2 Å². The van der Waals surface area contributed by atoms with Gasteiger partial charge in [-0.25, -0.2) is 4.39 Å². The summed E-state index contributed by atoms with van der Waals surface area (Å²) >= 11 is 11.8. The van der Waals surface area contributed by atoms with Crippen LogP contribution in [-0.2, 0) is 20.7 Å². The first-order valence-corrected chi connectivity index (χ1v) is 8.34. The highest BCUT2D eigenvalue weighted by molar-refractivity contribution is 6.31. The van der Waals surface area contributed by atoms with Crippen LogP contribution in [0.25, 0.3) is 0 Å². The second-order valence-corrected chi connectivity index (χ2v) is 6.19. The van der Waals surface area contributed by atoms with Crippen LogP contribution in [0.2, 0.25) is 10.0 Å². The summed E-state index contributed by atoms with van der Waals surface area (Å²) in [5, 5.41) is 3.08. The summed E-state index contributed by atoms with van der Waals surface area (Å²) in [5.41, 5.74) is 0.355. The van der Waals surface area contributed by atoms with Crippen LogP contribution in [0.5, 0.6) is 5.75 Å². The Morgan fingerprint density at radius 1 is 1.23 bits per heavy atom. The first-order valence-electron chi connectivity index (χ1n) is 7.58. The molecule has 0 fully saturated rings. The number of hydrogen-bond acceptors (Lipinski definition) is 4. The van der Waals surface area contributed by atoms with E-state index in [1.807, 2.05) is 0 Å². The van der Waals surface area contributed by atoms with Gasteiger partial charge in [-0.3, -0.25) is 9.59 Å². The molecule has 2 aromatic rings. The quantitative estimate of drug-likeness (QED) is 0.737. The molecule has 0 saturated carbocycles. The SMILES string of the molecule is COc1ccc(Cl)cc1NC(=O)[C@@H](C)OC(=O)Cc1c(F)cccc1Cl. The maximum absolute atomic E-state index is 13.7. The van der Waals surface area contributed by atoms with Crippen molar-refractivity contribution in [1.82, 2.24) is 0 Å². The fourth-order valence-corrected chi connectivity index (χ4v) is 2.55. The van der Waals surface area contributed by atoms with Gasteiger partial charge in [-0.2, -0.15) is 0 Å². The third-order valence-corrected chi connectivity index (χ3v) is 4.07. The van der Waals surface area contributed by atoms with E-state index in [4.69, 9.17) is 32.7 Å². The Labute approximate surface area is 160 Å². The smallest absolute Gasteiger partial charge is 0.311 e. The van der Waals surface area contributed by atoms with E-state index in [1.165, 1.54) is 38.3 Å². The van der Waals surface area contributed by atoms with E-state index in [1.54, 1.807) is 12.1 Å². The number of benzene rings is 2. The van der Waals surface area contributed by atoms with Crippen molar-refractivity contribution in [2.75, 3.05) is 12.4 Å². The third kappa shape index (κ3) is 5.09. The number of halogens is 3. The molecule has 1 N–H and O–H groups in total. The minimum atomic E-state index is -1.11. The summed E-state index contributed by atoms with van der Waals surface area (Å²) in [6, 6.07) is 8.80. The van der Waals surface area contributed by atoms with Gasteiger partial charge in [0.25, 0.3) is 5.91 Å². The molecule has 1 atom stereocenters. The second-order valence-electron chi connectivity index (χ2n) is 5.34. The van der Waals surface area contributed by atoms with Gasteiger partial charge >= 0.3 is 5.97 Å². The molecule has 0 unspecified atom stereocenters. The monoisotopic (exact) mass is 399 g/mol. The Morgan fingerprint density at radius 2 is 1.96 bits per heavy atom. The van der Waals surface area contributed by atoms with E-state index in [2.05, 4.69) is 5.32 Å². The number of carbonyl (C=O) groups is 2. The predicted octanol–water partition coefficient (Wildman–Crippen LogP) is 4.25. The number of esters is 1. The van der Waals surface area contributed by atoms with Crippen molar-refractivity contribution < 1.29 is 23.5 Å². The average molecular weight is 400 g/mol. The van der Waals surface area contributed by atoms with Crippen molar-refractivity contribution >= 4 is 40.8 Å². The molecule has 0 bridgehead atoms. The second kappa shape index (κ2) is 8.87. The maximum atomic E-state index is 13.7. The minimum absolute atomic E-state index is 0.0169. The molecule has 26 heavy (non-hydrogen) atoms. The summed E-state index contributed by atoms with van der Waals surface area (Å²) in [5.74, 6) is -1.58. The van der Waals surface area contributed by atoms with Crippen LogP contribution >= 0.6 is 23.2 Å². The lowest BCUT2D eigenvalue weighted by Gasteiger charge is -2.15. The van der Waals surface area contributed by atoms with E-state index in [0.717, 1.165) is 0 Å². The van der Waals surface area contributed by atoms with Gasteiger partial charge in [-0.1, -0.05) is 29.3 Å². The van der Waals surface area contributed by atoms with Crippen LogP contribution in [0.4, 0.5) is 10.1 Å². The summed E-state index contributed by atoms with van der Waals surface area (Å²) < 4.78 is 23.9. The van der Waals surface area contributed by atoms with Crippen molar-refractivity contribution in [3.63, 3.8) is 0 Å². The van der Waals surface area contributed by atoms with Crippen molar-refractivity contribution in [3.05, 3.63) is 57.8 Å². The molecule has 0 aliphatic carbocycles. The van der Waals surface area contributed by atoms with Gasteiger partial charge in [0.1, 0.15) is 11.6 Å². The Bertz CT molecular complexity index is 809. The normalized spacial score (nSPS) is 11.6. The van der Waals surface area contributed by atoms with Crippen molar-refractivity contribution in [3.8, 4) is 5.75 Å². The summed E-state index contributed by atoms with van der Waals surface area (Å²) in [6.07, 6.45) is -1.50. The molecule has 8 heteroatoms. The highest BCUT2D eigenvalue weighted by atomic mass is 35.5. The van der Waals surface area contributed by atoms with Gasteiger partial charge in [0.2, 0.25) is 0 Å². The van der Waals surface area contributed by atoms with E-state index in [9.17, 15) is 14.0 Å². The molecule has 2 rings (SSSR count). The van der Waals surface area contributed by atoms with Crippen LogP contribution in [0.3, 0.4) is 0 Å². The number of ether oxygens (including phenoxy) is 2. The van der Waals surface area contributed by atoms with Gasteiger partial charge in [-0.15, -0.1) is 0 Å². The van der Waals surface area contributed by atoms with Gasteiger partial charge in [0, 0.05) is 15.6 Å². The predicted molar refractivity (Wildman–Crippen MR) is 97.3 cm³/mol. The molecule has 0 aliphatic rings. The highest BCUT2D eigenvalue weighted by Crippen LogP contribution is 2.28. The van der Waals surface area contributed by atoms with E-state index >= 15 is 0 Å². The molecular weight excluding hydrogens is 384 g/mol. The zero-order valence-corrected chi connectivity index (χ0v) is 15.5. The number of rotatable bonds is 6. The topological polar surface area (TPSA) is 64.6 Å². The first kappa shape index (κ1) is 20.0. The molecule has 1 amide bonds. The lowest BCUT2D eigenvalue weighted by Crippen LogP contribution is -2.30. The molecule has 2 aromatic carbocycles. The number of hydrogen-bond donors (Lipinski definition) is 1. The molecule has 0 heterocycles. The summed E-state index contributed by atoms with van der Waals surface area (Å²) in [6.45, 7) is 1.40. The zero-order chi connectivity index (χ0) is 19.3. The third-order valence-electron chi connectivity index (χ3n) is 3.48. The zero-order valence-electron chi connectivity index (χ0n) is 14.0. The Kier molecular flexibility index (Phi) is 6.83. The van der Waals surface area contributed by atoms with Crippen LogP contribution in [0, 0.1) is 5.82 Å². The Balaban J connectivity index is 2.01. The Morgan fingerprint density at radius 3 is 2.62 bits per heavy atom. The Hall–Kier alpha value is -2.31. The fraction of sp³-hybridized carbons (Fsp3) is 0.222. The molecule has 138 valence electrons. The number of nitrogens with one attached hydrogen (secondary N) is 1. The highest BCUT2D eigenvalue weighted by Gasteiger charge is 2.21. The molecule has 0 radical (unpaired) electrons. The maximum Gasteiger partial charge on any atom is 0.311 e. The number of carbonyl (C=O) groups excluding carboxylic acids is 2. The summed E-state index contributed by atoms with van der Waals surface area (Å²) in [4.78, 5) is 24.2. The van der Waals surface area contributed by atoms with Crippen molar-refractivity contribution in [2.24, 2.45) is 0 Å². The molecular formula is C18H16Cl2FNO4. The fourth-order valence-electron chi connectivity index (χ4n) is 2.15. The lowest BCUT2D eigenvalue weighted by atomic mass is 10.1. The van der Waals surface area contributed by atoms with E-state index < -0.39 is 23.8 Å². The summed E-state index contributed by atoms with van der Waals surface area (Å²) in [7, 11) is 1.44. The number of amides is 1. The van der Waals surface area contributed by atoms with Crippen molar-refractivity contribution in [1.29, 1.82) is 0 Å². The van der Waals surface area contributed by atoms with Gasteiger partial charge in [0.15, 0.2) is 6.10 Å². The van der Waals surface area contributed by atoms with Crippen LogP contribution in [0.1, 0.15) is 12.5 Å². The molecule has 5 nitrogen and oxygen atoms in total. The molecule has 0 spiro atoms. The van der Waals surface area contributed by atoms with Gasteiger partial charge < -0.3 is 14.8 Å². The van der Waals surface area contributed by atoms with Crippen LogP contribution < -0.4 is 10.1 Å². The first-order chi connectivity index (χ1) is 12.3. The molecule has 0 aliphatic heterocycles. The van der Waals surface area contributed by atoms with Crippen LogP contribution in [-0.4, -0.2) is 25.1 Å². The van der Waals surface area contributed by atoms with Crippen LogP contribution in [0.15, 0.2) is 36.4 Å². The van der Waals surface area contributed by atoms with E-state index in [0.29, 0.717) is 16.5 Å². The molecule has 0 aromatic heterocycles. The largest absolute Gasteiger partial charge is 0.495 e. The lowest BCUT2D eigenvalue weighted by molar-refractivity contribution is -0.152. The molecule has 0 saturated heterocycles. The number of anilines is 1.